The highest BCUT2D eigenvalue weighted by Gasteiger charge is 2.37. The van der Waals surface area contributed by atoms with Crippen molar-refractivity contribution in [2.24, 2.45) is 5.41 Å². The molecule has 1 amide bonds. The normalized spacial score (nSPS) is 22.0. The second-order valence-electron chi connectivity index (χ2n) is 5.95. The number of amides is 1. The summed E-state index contributed by atoms with van der Waals surface area (Å²) in [6.45, 7) is 7.23. The molecule has 1 unspecified atom stereocenters. The predicted octanol–water partition coefficient (Wildman–Crippen LogP) is 3.47. The smallest absolute Gasteiger partial charge is 0.242 e. The lowest BCUT2D eigenvalue weighted by Crippen LogP contribution is -2.53. The van der Waals surface area contributed by atoms with E-state index in [1.165, 1.54) is 0 Å². The van der Waals surface area contributed by atoms with Gasteiger partial charge in [0.15, 0.2) is 0 Å². The third kappa shape index (κ3) is 3.37. The van der Waals surface area contributed by atoms with Crippen LogP contribution >= 0.6 is 15.9 Å². The van der Waals surface area contributed by atoms with E-state index >= 15 is 0 Å². The summed E-state index contributed by atoms with van der Waals surface area (Å²) < 4.78 is 0.917. The number of aryl methyl sites for hydroxylation is 1. The number of nitrogens with one attached hydrogen (secondary N) is 2. The van der Waals surface area contributed by atoms with Crippen LogP contribution in [0.5, 0.6) is 0 Å². The maximum absolute atomic E-state index is 12.5. The zero-order valence-electron chi connectivity index (χ0n) is 11.7. The molecule has 19 heavy (non-hydrogen) atoms. The molecule has 0 spiro atoms. The first-order valence-corrected chi connectivity index (χ1v) is 7.50. The van der Waals surface area contributed by atoms with Gasteiger partial charge in [0.05, 0.1) is 11.7 Å². The van der Waals surface area contributed by atoms with E-state index in [0.29, 0.717) is 0 Å². The summed E-state index contributed by atoms with van der Waals surface area (Å²) in [5.74, 6) is 0.0519. The van der Waals surface area contributed by atoms with Gasteiger partial charge in [0.1, 0.15) is 0 Å². The largest absolute Gasteiger partial charge is 0.324 e. The maximum atomic E-state index is 12.5. The highest BCUT2D eigenvalue weighted by atomic mass is 79.9. The van der Waals surface area contributed by atoms with E-state index < -0.39 is 0 Å². The van der Waals surface area contributed by atoms with Crippen LogP contribution in [0.1, 0.15) is 32.3 Å². The van der Waals surface area contributed by atoms with E-state index in [2.05, 4.69) is 40.4 Å². The summed E-state index contributed by atoms with van der Waals surface area (Å²) in [6, 6.07) is 5.83. The average molecular weight is 325 g/mol. The van der Waals surface area contributed by atoms with Crippen molar-refractivity contribution in [3.8, 4) is 0 Å². The zero-order chi connectivity index (χ0) is 14.0. The molecule has 1 aliphatic heterocycles. The summed E-state index contributed by atoms with van der Waals surface area (Å²) in [5.41, 5.74) is 1.97. The number of hydrogen-bond acceptors (Lipinski definition) is 2. The number of hydrogen-bond donors (Lipinski definition) is 2. The van der Waals surface area contributed by atoms with Crippen LogP contribution in [0.2, 0.25) is 0 Å². The van der Waals surface area contributed by atoms with Crippen LogP contribution < -0.4 is 10.6 Å². The van der Waals surface area contributed by atoms with Gasteiger partial charge in [0.2, 0.25) is 5.91 Å². The van der Waals surface area contributed by atoms with Crippen molar-refractivity contribution in [3.63, 3.8) is 0 Å². The fourth-order valence-corrected chi connectivity index (χ4v) is 2.94. The van der Waals surface area contributed by atoms with Crippen molar-refractivity contribution in [2.45, 2.75) is 39.7 Å². The topological polar surface area (TPSA) is 41.1 Å². The summed E-state index contributed by atoms with van der Waals surface area (Å²) >= 11 is 3.48. The molecule has 104 valence electrons. The van der Waals surface area contributed by atoms with Gasteiger partial charge in [-0.3, -0.25) is 4.79 Å². The summed E-state index contributed by atoms with van der Waals surface area (Å²) in [5, 5.41) is 6.36. The molecular weight excluding hydrogens is 304 g/mol. The molecule has 1 aromatic carbocycles. The summed E-state index contributed by atoms with van der Waals surface area (Å²) in [4.78, 5) is 12.5. The van der Waals surface area contributed by atoms with E-state index in [1.54, 1.807) is 0 Å². The Morgan fingerprint density at radius 1 is 1.47 bits per heavy atom. The minimum absolute atomic E-state index is 0.00135. The zero-order valence-corrected chi connectivity index (χ0v) is 13.3. The van der Waals surface area contributed by atoms with Gasteiger partial charge in [-0.2, -0.15) is 0 Å². The van der Waals surface area contributed by atoms with Crippen molar-refractivity contribution >= 4 is 27.5 Å². The van der Waals surface area contributed by atoms with E-state index in [4.69, 9.17) is 0 Å². The van der Waals surface area contributed by atoms with Crippen LogP contribution in [0.25, 0.3) is 0 Å². The fraction of sp³-hybridized carbons (Fsp3) is 0.533. The van der Waals surface area contributed by atoms with Gasteiger partial charge in [-0.05, 0) is 65.4 Å². The van der Waals surface area contributed by atoms with E-state index in [0.717, 1.165) is 35.1 Å². The lowest BCUT2D eigenvalue weighted by Gasteiger charge is -2.38. The van der Waals surface area contributed by atoms with E-state index in [1.807, 2.05) is 25.1 Å². The van der Waals surface area contributed by atoms with Gasteiger partial charge >= 0.3 is 0 Å². The quantitative estimate of drug-likeness (QED) is 0.874. The van der Waals surface area contributed by atoms with Crippen molar-refractivity contribution in [1.82, 2.24) is 5.32 Å². The Bertz CT molecular complexity index is 485. The highest BCUT2D eigenvalue weighted by molar-refractivity contribution is 9.10. The molecule has 0 bridgehead atoms. The minimum atomic E-state index is -0.131. The van der Waals surface area contributed by atoms with Gasteiger partial charge in [-0.15, -0.1) is 0 Å². The van der Waals surface area contributed by atoms with Crippen molar-refractivity contribution in [2.75, 3.05) is 11.9 Å². The predicted molar refractivity (Wildman–Crippen MR) is 82.3 cm³/mol. The summed E-state index contributed by atoms with van der Waals surface area (Å²) in [6.07, 6.45) is 2.21. The molecule has 1 saturated heterocycles. The molecule has 0 radical (unpaired) electrons. The summed E-state index contributed by atoms with van der Waals surface area (Å²) in [7, 11) is 0. The van der Waals surface area contributed by atoms with E-state index in [9.17, 15) is 4.79 Å². The number of rotatable bonds is 2. The molecule has 4 heteroatoms. The molecule has 2 rings (SSSR count). The molecule has 0 aromatic heterocycles. The number of carbonyl (C=O) groups is 1. The number of anilines is 1. The van der Waals surface area contributed by atoms with Crippen molar-refractivity contribution in [3.05, 3.63) is 28.2 Å². The Kier molecular flexibility index (Phi) is 4.31. The molecule has 1 atom stereocenters. The van der Waals surface area contributed by atoms with Gasteiger partial charge in [-0.1, -0.05) is 19.9 Å². The Morgan fingerprint density at radius 3 is 2.89 bits per heavy atom. The Balaban J connectivity index is 2.14. The first-order chi connectivity index (χ1) is 8.90. The second-order valence-corrected chi connectivity index (χ2v) is 6.81. The molecular formula is C15H21BrN2O. The molecule has 1 fully saturated rings. The molecule has 1 aliphatic rings. The molecule has 0 aliphatic carbocycles. The van der Waals surface area contributed by atoms with Gasteiger partial charge in [0.25, 0.3) is 0 Å². The van der Waals surface area contributed by atoms with Crippen LogP contribution in [-0.4, -0.2) is 18.5 Å². The second kappa shape index (κ2) is 5.63. The third-order valence-electron chi connectivity index (χ3n) is 3.77. The van der Waals surface area contributed by atoms with E-state index in [-0.39, 0.29) is 17.4 Å². The fourth-order valence-electron chi connectivity index (χ4n) is 2.60. The standard InChI is InChI=1S/C15H21BrN2O/c1-10-5-6-11(16)12(9-10)18-14(19)13-15(2,3)7-4-8-17-13/h5-6,9,13,17H,4,7-8H2,1-3H3,(H,18,19). The van der Waals surface area contributed by atoms with Crippen LogP contribution in [0.15, 0.2) is 22.7 Å². The minimum Gasteiger partial charge on any atom is -0.324 e. The first-order valence-electron chi connectivity index (χ1n) is 6.70. The number of piperidine rings is 1. The lowest BCUT2D eigenvalue weighted by molar-refractivity contribution is -0.121. The Labute approximate surface area is 123 Å². The third-order valence-corrected chi connectivity index (χ3v) is 4.46. The highest BCUT2D eigenvalue weighted by Crippen LogP contribution is 2.31. The Morgan fingerprint density at radius 2 is 2.21 bits per heavy atom. The molecule has 1 heterocycles. The van der Waals surface area contributed by atoms with Crippen LogP contribution in [0, 0.1) is 12.3 Å². The van der Waals surface area contributed by atoms with Crippen molar-refractivity contribution in [1.29, 1.82) is 0 Å². The van der Waals surface area contributed by atoms with Gasteiger partial charge < -0.3 is 10.6 Å². The SMILES string of the molecule is Cc1ccc(Br)c(NC(=O)C2NCCCC2(C)C)c1. The van der Waals surface area contributed by atoms with Crippen LogP contribution in [0.3, 0.4) is 0 Å². The monoisotopic (exact) mass is 324 g/mol. The molecule has 2 N–H and O–H groups in total. The lowest BCUT2D eigenvalue weighted by atomic mass is 9.77. The number of carbonyl (C=O) groups excluding carboxylic acids is 1. The molecule has 0 saturated carbocycles. The number of halogens is 1. The molecule has 3 nitrogen and oxygen atoms in total. The van der Waals surface area contributed by atoms with Crippen LogP contribution in [-0.2, 0) is 4.79 Å². The Hall–Kier alpha value is -0.870. The van der Waals surface area contributed by atoms with Crippen LogP contribution in [0.4, 0.5) is 5.69 Å². The molecule has 1 aromatic rings. The number of benzene rings is 1. The maximum Gasteiger partial charge on any atom is 0.242 e. The average Bonchev–Trinajstić information content (AvgIpc) is 2.33. The van der Waals surface area contributed by atoms with Gasteiger partial charge in [-0.25, -0.2) is 0 Å². The first kappa shape index (κ1) is 14.5. The van der Waals surface area contributed by atoms with Gasteiger partial charge in [0, 0.05) is 4.47 Å². The van der Waals surface area contributed by atoms with Crippen molar-refractivity contribution < 1.29 is 4.79 Å².